The van der Waals surface area contributed by atoms with Gasteiger partial charge in [-0.2, -0.15) is 5.10 Å². The van der Waals surface area contributed by atoms with Gasteiger partial charge in [0.1, 0.15) is 5.69 Å². The molecule has 1 aromatic heterocycles. The summed E-state index contributed by atoms with van der Waals surface area (Å²) < 4.78 is 1.70. The first kappa shape index (κ1) is 10.8. The highest BCUT2D eigenvalue weighted by atomic mass is 16.1. The summed E-state index contributed by atoms with van der Waals surface area (Å²) in [6, 6.07) is 1.79. The highest BCUT2D eigenvalue weighted by Crippen LogP contribution is 2.01. The number of aryl methyl sites for hydroxylation is 2. The van der Waals surface area contributed by atoms with Crippen LogP contribution in [0.3, 0.4) is 0 Å². The molecule has 1 rings (SSSR count). The predicted molar refractivity (Wildman–Crippen MR) is 55.1 cm³/mol. The molecule has 0 aliphatic heterocycles. The van der Waals surface area contributed by atoms with Gasteiger partial charge >= 0.3 is 0 Å². The number of aromatic nitrogens is 2. The van der Waals surface area contributed by atoms with E-state index in [0.717, 1.165) is 5.69 Å². The van der Waals surface area contributed by atoms with E-state index in [4.69, 9.17) is 0 Å². The molecule has 0 spiro atoms. The minimum Gasteiger partial charge on any atom is -0.350 e. The molecule has 0 radical (unpaired) electrons. The van der Waals surface area contributed by atoms with E-state index in [1.165, 1.54) is 0 Å². The van der Waals surface area contributed by atoms with Crippen molar-refractivity contribution < 1.29 is 4.79 Å². The molecule has 0 aliphatic carbocycles. The van der Waals surface area contributed by atoms with E-state index in [1.54, 1.807) is 10.7 Å². The van der Waals surface area contributed by atoms with E-state index < -0.39 is 0 Å². The fraction of sp³-hybridized carbons (Fsp3) is 0.600. The summed E-state index contributed by atoms with van der Waals surface area (Å²) in [5.74, 6) is 0.367. The van der Waals surface area contributed by atoms with E-state index in [1.807, 2.05) is 14.0 Å². The van der Waals surface area contributed by atoms with Crippen molar-refractivity contribution in [3.05, 3.63) is 17.5 Å². The summed E-state index contributed by atoms with van der Waals surface area (Å²) in [6.07, 6.45) is 0. The maximum atomic E-state index is 11.5. The Morgan fingerprint density at radius 3 is 2.71 bits per heavy atom. The van der Waals surface area contributed by atoms with Gasteiger partial charge in [0, 0.05) is 19.3 Å². The number of amides is 1. The molecular weight excluding hydrogens is 178 g/mol. The van der Waals surface area contributed by atoms with Crippen LogP contribution in [0.2, 0.25) is 0 Å². The number of carbonyl (C=O) groups is 1. The second-order valence-electron chi connectivity index (χ2n) is 3.90. The third kappa shape index (κ3) is 2.58. The van der Waals surface area contributed by atoms with E-state index in [-0.39, 0.29) is 5.91 Å². The molecule has 0 unspecified atom stereocenters. The van der Waals surface area contributed by atoms with Crippen LogP contribution < -0.4 is 5.32 Å². The van der Waals surface area contributed by atoms with Gasteiger partial charge in [-0.1, -0.05) is 13.8 Å². The van der Waals surface area contributed by atoms with Gasteiger partial charge in [-0.25, -0.2) is 0 Å². The van der Waals surface area contributed by atoms with Crippen molar-refractivity contribution in [1.29, 1.82) is 0 Å². The average Bonchev–Trinajstić information content (AvgIpc) is 2.43. The van der Waals surface area contributed by atoms with E-state index >= 15 is 0 Å². The molecule has 0 saturated heterocycles. The molecule has 4 nitrogen and oxygen atoms in total. The van der Waals surface area contributed by atoms with Crippen LogP contribution in [0.15, 0.2) is 6.07 Å². The first-order valence-corrected chi connectivity index (χ1v) is 4.79. The zero-order valence-corrected chi connectivity index (χ0v) is 9.16. The third-order valence-electron chi connectivity index (χ3n) is 2.02. The van der Waals surface area contributed by atoms with Gasteiger partial charge in [-0.3, -0.25) is 9.48 Å². The fourth-order valence-corrected chi connectivity index (χ4v) is 1.06. The molecule has 4 heteroatoms. The topological polar surface area (TPSA) is 46.9 Å². The van der Waals surface area contributed by atoms with Crippen LogP contribution >= 0.6 is 0 Å². The molecule has 0 aromatic carbocycles. The highest BCUT2D eigenvalue weighted by Gasteiger charge is 2.10. The van der Waals surface area contributed by atoms with Gasteiger partial charge in [-0.15, -0.1) is 0 Å². The summed E-state index contributed by atoms with van der Waals surface area (Å²) in [5, 5.41) is 6.92. The van der Waals surface area contributed by atoms with Gasteiger partial charge in [0.05, 0.1) is 0 Å². The Bertz CT molecular complexity index is 309. The van der Waals surface area contributed by atoms with Gasteiger partial charge in [0.15, 0.2) is 0 Å². The zero-order valence-electron chi connectivity index (χ0n) is 9.16. The minimum absolute atomic E-state index is 0.0950. The summed E-state index contributed by atoms with van der Waals surface area (Å²) in [4.78, 5) is 11.5. The average molecular weight is 195 g/mol. The Morgan fingerprint density at radius 2 is 2.29 bits per heavy atom. The molecule has 0 atom stereocenters. The van der Waals surface area contributed by atoms with Crippen molar-refractivity contribution in [2.24, 2.45) is 13.0 Å². The zero-order chi connectivity index (χ0) is 10.7. The molecule has 1 heterocycles. The summed E-state index contributed by atoms with van der Waals surface area (Å²) in [6.45, 7) is 6.73. The predicted octanol–water partition coefficient (Wildman–Crippen LogP) is 1.11. The van der Waals surface area contributed by atoms with E-state index in [9.17, 15) is 4.79 Å². The van der Waals surface area contributed by atoms with Crippen molar-refractivity contribution in [3.63, 3.8) is 0 Å². The molecule has 0 saturated carbocycles. The van der Waals surface area contributed by atoms with Crippen LogP contribution in [-0.2, 0) is 7.05 Å². The lowest BCUT2D eigenvalue weighted by atomic mass is 10.2. The molecule has 1 N–H and O–H groups in total. The standard InChI is InChI=1S/C10H17N3O/c1-7(2)6-11-10(14)9-5-8(3)13(4)12-9/h5,7H,6H2,1-4H3,(H,11,14). The highest BCUT2D eigenvalue weighted by molar-refractivity contribution is 5.92. The SMILES string of the molecule is Cc1cc(C(=O)NCC(C)C)nn1C. The Hall–Kier alpha value is -1.32. The monoisotopic (exact) mass is 195 g/mol. The molecule has 1 aromatic rings. The summed E-state index contributed by atoms with van der Waals surface area (Å²) >= 11 is 0. The molecule has 1 amide bonds. The van der Waals surface area contributed by atoms with Crippen molar-refractivity contribution in [1.82, 2.24) is 15.1 Å². The summed E-state index contributed by atoms with van der Waals surface area (Å²) in [5.41, 5.74) is 1.48. The lowest BCUT2D eigenvalue weighted by Gasteiger charge is -2.04. The maximum Gasteiger partial charge on any atom is 0.271 e. The number of rotatable bonds is 3. The van der Waals surface area contributed by atoms with Gasteiger partial charge in [-0.05, 0) is 18.9 Å². The van der Waals surface area contributed by atoms with Gasteiger partial charge in [0.2, 0.25) is 0 Å². The maximum absolute atomic E-state index is 11.5. The molecule has 0 fully saturated rings. The number of carbonyl (C=O) groups excluding carboxylic acids is 1. The fourth-order valence-electron chi connectivity index (χ4n) is 1.06. The van der Waals surface area contributed by atoms with Crippen LogP contribution in [-0.4, -0.2) is 22.2 Å². The van der Waals surface area contributed by atoms with Crippen LogP contribution in [0.5, 0.6) is 0 Å². The van der Waals surface area contributed by atoms with Gasteiger partial charge < -0.3 is 5.32 Å². The normalized spacial score (nSPS) is 10.6. The Morgan fingerprint density at radius 1 is 1.64 bits per heavy atom. The largest absolute Gasteiger partial charge is 0.350 e. The smallest absolute Gasteiger partial charge is 0.271 e. The van der Waals surface area contributed by atoms with E-state index in [2.05, 4.69) is 24.3 Å². The number of hydrogen-bond acceptors (Lipinski definition) is 2. The van der Waals surface area contributed by atoms with Crippen LogP contribution in [0.1, 0.15) is 30.0 Å². The third-order valence-corrected chi connectivity index (χ3v) is 2.02. The quantitative estimate of drug-likeness (QED) is 0.785. The van der Waals surface area contributed by atoms with Crippen molar-refractivity contribution >= 4 is 5.91 Å². The van der Waals surface area contributed by atoms with Crippen molar-refractivity contribution in [3.8, 4) is 0 Å². The first-order valence-electron chi connectivity index (χ1n) is 4.79. The van der Waals surface area contributed by atoms with Gasteiger partial charge in [0.25, 0.3) is 5.91 Å². The summed E-state index contributed by atoms with van der Waals surface area (Å²) in [7, 11) is 1.83. The Balaban J connectivity index is 2.61. The minimum atomic E-state index is -0.0950. The number of hydrogen-bond donors (Lipinski definition) is 1. The van der Waals surface area contributed by atoms with Crippen LogP contribution in [0, 0.1) is 12.8 Å². The molecule has 0 aliphatic rings. The molecule has 14 heavy (non-hydrogen) atoms. The molecule has 78 valence electrons. The molecule has 0 bridgehead atoms. The van der Waals surface area contributed by atoms with Crippen molar-refractivity contribution in [2.45, 2.75) is 20.8 Å². The lowest BCUT2D eigenvalue weighted by Crippen LogP contribution is -2.27. The second-order valence-corrected chi connectivity index (χ2v) is 3.90. The number of nitrogens with one attached hydrogen (secondary N) is 1. The van der Waals surface area contributed by atoms with E-state index in [0.29, 0.717) is 18.2 Å². The Kier molecular flexibility index (Phi) is 3.28. The van der Waals surface area contributed by atoms with Crippen molar-refractivity contribution in [2.75, 3.05) is 6.54 Å². The Labute approximate surface area is 84.3 Å². The molecular formula is C10H17N3O. The van der Waals surface area contributed by atoms with Crippen LogP contribution in [0.4, 0.5) is 0 Å². The second kappa shape index (κ2) is 4.26. The number of nitrogens with zero attached hydrogens (tertiary/aromatic N) is 2. The first-order chi connectivity index (χ1) is 6.50. The lowest BCUT2D eigenvalue weighted by molar-refractivity contribution is 0.0943. The van der Waals surface area contributed by atoms with Crippen LogP contribution in [0.25, 0.3) is 0 Å².